The molecule has 0 fully saturated rings. The zero-order valence-corrected chi connectivity index (χ0v) is 20.2. The second kappa shape index (κ2) is 11.6. The van der Waals surface area contributed by atoms with Gasteiger partial charge in [-0.2, -0.15) is 0 Å². The molecule has 0 aromatic heterocycles. The van der Waals surface area contributed by atoms with E-state index in [4.69, 9.17) is 14.2 Å². The molecule has 0 saturated heterocycles. The number of carbonyl (C=O) groups excluding carboxylic acids is 1. The summed E-state index contributed by atoms with van der Waals surface area (Å²) < 4.78 is 17.0. The van der Waals surface area contributed by atoms with Crippen LogP contribution in [0.1, 0.15) is 21.5 Å². The molecule has 0 heterocycles. The van der Waals surface area contributed by atoms with E-state index in [0.717, 1.165) is 33.9 Å². The fourth-order valence-electron chi connectivity index (χ4n) is 3.62. The first-order valence-electron chi connectivity index (χ1n) is 11.1. The molecular weight excluding hydrogens is 443 g/mol. The standard InChI is InChI=1S/C29H27O4P/c1-31-17-18-32-28-16-11-24(29(30)34)20-25(28)19-21-7-12-26(13-8-21)33-27-14-9-23(10-15-27)22-5-3-2-4-6-22/h2-16,20H,17-19,34H2,1H3. The lowest BCUT2D eigenvalue weighted by Gasteiger charge is -2.13. The number of carbonyl (C=O) groups is 1. The molecule has 0 amide bonds. The number of rotatable bonds is 10. The molecule has 1 atom stereocenters. The second-order valence-corrected chi connectivity index (χ2v) is 8.37. The highest BCUT2D eigenvalue weighted by atomic mass is 31.0. The smallest absolute Gasteiger partial charge is 0.178 e. The maximum absolute atomic E-state index is 11.8. The van der Waals surface area contributed by atoms with Crippen LogP contribution in [0.5, 0.6) is 17.2 Å². The normalized spacial score (nSPS) is 10.6. The number of hydrogen-bond acceptors (Lipinski definition) is 4. The number of methoxy groups -OCH3 is 1. The van der Waals surface area contributed by atoms with Gasteiger partial charge < -0.3 is 14.2 Å². The van der Waals surface area contributed by atoms with Crippen molar-refractivity contribution in [1.82, 2.24) is 0 Å². The van der Waals surface area contributed by atoms with E-state index in [9.17, 15) is 4.79 Å². The fourth-order valence-corrected chi connectivity index (χ4v) is 3.80. The Morgan fingerprint density at radius 1 is 0.765 bits per heavy atom. The average Bonchev–Trinajstić information content (AvgIpc) is 2.87. The lowest BCUT2D eigenvalue weighted by Crippen LogP contribution is -2.07. The van der Waals surface area contributed by atoms with Gasteiger partial charge in [-0.15, -0.1) is 0 Å². The monoisotopic (exact) mass is 470 g/mol. The Bertz CT molecular complexity index is 1220. The molecule has 34 heavy (non-hydrogen) atoms. The van der Waals surface area contributed by atoms with Gasteiger partial charge in [0.2, 0.25) is 0 Å². The van der Waals surface area contributed by atoms with E-state index < -0.39 is 0 Å². The van der Waals surface area contributed by atoms with Crippen LogP contribution in [0.2, 0.25) is 0 Å². The van der Waals surface area contributed by atoms with Gasteiger partial charge in [0.25, 0.3) is 0 Å². The third-order valence-electron chi connectivity index (χ3n) is 5.41. The van der Waals surface area contributed by atoms with Crippen LogP contribution in [0.4, 0.5) is 0 Å². The van der Waals surface area contributed by atoms with Gasteiger partial charge in [0.1, 0.15) is 23.9 Å². The largest absolute Gasteiger partial charge is 0.491 e. The van der Waals surface area contributed by atoms with Crippen LogP contribution >= 0.6 is 9.24 Å². The van der Waals surface area contributed by atoms with E-state index in [0.29, 0.717) is 25.2 Å². The lowest BCUT2D eigenvalue weighted by molar-refractivity contribution is 0.108. The Labute approximate surface area is 202 Å². The highest BCUT2D eigenvalue weighted by molar-refractivity contribution is 7.41. The zero-order valence-electron chi connectivity index (χ0n) is 19.1. The first-order chi connectivity index (χ1) is 16.6. The molecular formula is C29H27O4P. The second-order valence-electron chi connectivity index (χ2n) is 7.84. The van der Waals surface area contributed by atoms with Gasteiger partial charge in [0.05, 0.1) is 6.61 Å². The average molecular weight is 471 g/mol. The van der Waals surface area contributed by atoms with Gasteiger partial charge in [-0.05, 0) is 64.7 Å². The fraction of sp³-hybridized carbons (Fsp3) is 0.138. The third-order valence-corrected chi connectivity index (χ3v) is 5.74. The summed E-state index contributed by atoms with van der Waals surface area (Å²) in [4.78, 5) is 11.8. The summed E-state index contributed by atoms with van der Waals surface area (Å²) in [5.41, 5.74) is 4.96. The molecule has 0 aliphatic rings. The minimum absolute atomic E-state index is 0.0493. The van der Waals surface area contributed by atoms with Crippen molar-refractivity contribution in [3.63, 3.8) is 0 Å². The molecule has 0 aliphatic carbocycles. The molecule has 4 nitrogen and oxygen atoms in total. The molecule has 4 aromatic rings. The summed E-state index contributed by atoms with van der Waals surface area (Å²) in [6.45, 7) is 0.954. The predicted octanol–water partition coefficient (Wildman–Crippen LogP) is 6.78. The van der Waals surface area contributed by atoms with Crippen molar-refractivity contribution >= 4 is 14.8 Å². The van der Waals surface area contributed by atoms with Crippen molar-refractivity contribution in [1.29, 1.82) is 0 Å². The Morgan fingerprint density at radius 2 is 1.41 bits per heavy atom. The minimum Gasteiger partial charge on any atom is -0.491 e. The van der Waals surface area contributed by atoms with Crippen LogP contribution in [0.3, 0.4) is 0 Å². The van der Waals surface area contributed by atoms with E-state index in [1.165, 1.54) is 5.56 Å². The van der Waals surface area contributed by atoms with E-state index >= 15 is 0 Å². The van der Waals surface area contributed by atoms with E-state index in [1.807, 2.05) is 66.7 Å². The van der Waals surface area contributed by atoms with Crippen LogP contribution in [0.15, 0.2) is 97.1 Å². The number of hydrogen-bond donors (Lipinski definition) is 0. The molecule has 4 rings (SSSR count). The SMILES string of the molecule is COCCOc1ccc(C(=O)P)cc1Cc1ccc(Oc2ccc(-c3ccccc3)cc2)cc1. The number of benzene rings is 4. The van der Waals surface area contributed by atoms with Gasteiger partial charge in [0, 0.05) is 19.1 Å². The number of ether oxygens (including phenoxy) is 3. The van der Waals surface area contributed by atoms with Gasteiger partial charge >= 0.3 is 0 Å². The van der Waals surface area contributed by atoms with Crippen molar-refractivity contribution < 1.29 is 19.0 Å². The van der Waals surface area contributed by atoms with E-state index in [1.54, 1.807) is 13.2 Å². The Morgan fingerprint density at radius 3 is 2.06 bits per heavy atom. The molecule has 4 aromatic carbocycles. The van der Waals surface area contributed by atoms with Gasteiger partial charge in [-0.25, -0.2) is 0 Å². The van der Waals surface area contributed by atoms with Gasteiger partial charge in [-0.1, -0.05) is 63.8 Å². The highest BCUT2D eigenvalue weighted by Crippen LogP contribution is 2.28. The quantitative estimate of drug-likeness (QED) is 0.189. The molecule has 0 bridgehead atoms. The molecule has 0 N–H and O–H groups in total. The predicted molar refractivity (Wildman–Crippen MR) is 139 cm³/mol. The first kappa shape index (κ1) is 23.7. The van der Waals surface area contributed by atoms with Crippen molar-refractivity contribution in [3.05, 3.63) is 114 Å². The van der Waals surface area contributed by atoms with Crippen LogP contribution < -0.4 is 9.47 Å². The summed E-state index contributed by atoms with van der Waals surface area (Å²) in [6.07, 6.45) is 0.639. The van der Waals surface area contributed by atoms with Crippen LogP contribution in [0, 0.1) is 0 Å². The molecule has 1 unspecified atom stereocenters. The van der Waals surface area contributed by atoms with Gasteiger partial charge in [0.15, 0.2) is 5.52 Å². The molecule has 0 saturated carbocycles. The van der Waals surface area contributed by atoms with Crippen LogP contribution in [0.25, 0.3) is 11.1 Å². The summed E-state index contributed by atoms with van der Waals surface area (Å²) in [6, 6.07) is 31.8. The topological polar surface area (TPSA) is 44.8 Å². The van der Waals surface area contributed by atoms with E-state index in [-0.39, 0.29) is 5.52 Å². The maximum atomic E-state index is 11.8. The molecule has 5 heteroatoms. The molecule has 0 radical (unpaired) electrons. The summed E-state index contributed by atoms with van der Waals surface area (Å²) in [5.74, 6) is 2.31. The van der Waals surface area contributed by atoms with Crippen molar-refractivity contribution in [2.24, 2.45) is 0 Å². The van der Waals surface area contributed by atoms with Crippen molar-refractivity contribution in [2.45, 2.75) is 6.42 Å². The molecule has 172 valence electrons. The van der Waals surface area contributed by atoms with Crippen molar-refractivity contribution in [3.8, 4) is 28.4 Å². The van der Waals surface area contributed by atoms with Crippen LogP contribution in [-0.2, 0) is 11.2 Å². The molecule has 0 aliphatic heterocycles. The van der Waals surface area contributed by atoms with Crippen LogP contribution in [-0.4, -0.2) is 25.8 Å². The lowest BCUT2D eigenvalue weighted by atomic mass is 10.0. The molecule has 0 spiro atoms. The van der Waals surface area contributed by atoms with Crippen molar-refractivity contribution in [2.75, 3.05) is 20.3 Å². The Kier molecular flexibility index (Phi) is 8.08. The zero-order chi connectivity index (χ0) is 23.8. The first-order valence-corrected chi connectivity index (χ1v) is 11.7. The summed E-state index contributed by atoms with van der Waals surface area (Å²) in [7, 11) is 3.86. The summed E-state index contributed by atoms with van der Waals surface area (Å²) in [5, 5.41) is 0. The maximum Gasteiger partial charge on any atom is 0.178 e. The summed E-state index contributed by atoms with van der Waals surface area (Å²) >= 11 is 0. The third kappa shape index (κ3) is 6.32. The highest BCUT2D eigenvalue weighted by Gasteiger charge is 2.10. The Hall–Kier alpha value is -3.46. The minimum atomic E-state index is -0.0493. The Balaban J connectivity index is 1.44. The van der Waals surface area contributed by atoms with Gasteiger partial charge in [-0.3, -0.25) is 4.79 Å². The van der Waals surface area contributed by atoms with E-state index in [2.05, 4.69) is 33.5 Å².